The van der Waals surface area contributed by atoms with Crippen LogP contribution in [0.3, 0.4) is 0 Å². The van der Waals surface area contributed by atoms with E-state index in [1.807, 2.05) is 24.3 Å². The van der Waals surface area contributed by atoms with Crippen molar-refractivity contribution in [3.05, 3.63) is 60.6 Å². The molecule has 2 N–H and O–H groups in total. The number of pyridine rings is 2. The van der Waals surface area contributed by atoms with Gasteiger partial charge >= 0.3 is 0 Å². The summed E-state index contributed by atoms with van der Waals surface area (Å²) in [6.45, 7) is 0. The van der Waals surface area contributed by atoms with Crippen molar-refractivity contribution in [1.29, 1.82) is 0 Å². The first-order valence-corrected chi connectivity index (χ1v) is 5.85. The highest BCUT2D eigenvalue weighted by atomic mass is 16.1. The molecule has 0 unspecified atom stereocenters. The molecule has 2 aromatic heterocycles. The maximum atomic E-state index is 11.3. The fourth-order valence-corrected chi connectivity index (χ4v) is 2.06. The van der Waals surface area contributed by atoms with Crippen molar-refractivity contribution in [2.75, 3.05) is 0 Å². The predicted octanol–water partition coefficient (Wildman–Crippen LogP) is 2.40. The average molecular weight is 249 g/mol. The van der Waals surface area contributed by atoms with Gasteiger partial charge in [-0.05, 0) is 29.8 Å². The van der Waals surface area contributed by atoms with E-state index in [0.29, 0.717) is 11.1 Å². The molecule has 0 bridgehead atoms. The lowest BCUT2D eigenvalue weighted by Crippen LogP contribution is -2.11. The van der Waals surface area contributed by atoms with E-state index in [2.05, 4.69) is 9.97 Å². The molecule has 0 radical (unpaired) electrons. The molecule has 4 nitrogen and oxygen atoms in total. The van der Waals surface area contributed by atoms with E-state index >= 15 is 0 Å². The molecule has 0 aliphatic carbocycles. The van der Waals surface area contributed by atoms with Crippen LogP contribution in [0.4, 0.5) is 0 Å². The number of nitrogens with zero attached hydrogens (tertiary/aromatic N) is 2. The second-order valence-corrected chi connectivity index (χ2v) is 4.20. The van der Waals surface area contributed by atoms with Crippen LogP contribution >= 0.6 is 0 Å². The largest absolute Gasteiger partial charge is 0.366 e. The van der Waals surface area contributed by atoms with E-state index in [-0.39, 0.29) is 0 Å². The molecule has 4 heteroatoms. The van der Waals surface area contributed by atoms with Crippen molar-refractivity contribution in [2.45, 2.75) is 0 Å². The van der Waals surface area contributed by atoms with E-state index in [1.54, 1.807) is 30.7 Å². The maximum Gasteiger partial charge on any atom is 0.250 e. The third kappa shape index (κ3) is 2.04. The van der Waals surface area contributed by atoms with Gasteiger partial charge in [0.2, 0.25) is 0 Å². The number of rotatable bonds is 2. The summed E-state index contributed by atoms with van der Waals surface area (Å²) in [5.41, 5.74) is 8.44. The zero-order valence-electron chi connectivity index (χ0n) is 10.1. The minimum absolute atomic E-state index is 0.443. The molecular weight excluding hydrogens is 238 g/mol. The number of fused-ring (bicyclic) bond motifs is 1. The van der Waals surface area contributed by atoms with Crippen molar-refractivity contribution in [3.8, 4) is 11.1 Å². The lowest BCUT2D eigenvalue weighted by Gasteiger charge is -2.05. The summed E-state index contributed by atoms with van der Waals surface area (Å²) in [7, 11) is 0. The molecule has 0 aliphatic heterocycles. The molecular formula is C15H11N3O. The zero-order valence-corrected chi connectivity index (χ0v) is 10.1. The second kappa shape index (κ2) is 4.49. The highest BCUT2D eigenvalue weighted by molar-refractivity contribution is 6.05. The van der Waals surface area contributed by atoms with Gasteiger partial charge in [-0.3, -0.25) is 14.8 Å². The summed E-state index contributed by atoms with van der Waals surface area (Å²) in [6.07, 6.45) is 5.21. The van der Waals surface area contributed by atoms with Crippen molar-refractivity contribution >= 4 is 16.8 Å². The van der Waals surface area contributed by atoms with Crippen LogP contribution < -0.4 is 5.73 Å². The van der Waals surface area contributed by atoms with E-state index < -0.39 is 5.91 Å². The number of carbonyl (C=O) groups is 1. The van der Waals surface area contributed by atoms with Crippen molar-refractivity contribution in [1.82, 2.24) is 9.97 Å². The van der Waals surface area contributed by atoms with Crippen molar-refractivity contribution < 1.29 is 4.79 Å². The molecule has 2 heterocycles. The lowest BCUT2D eigenvalue weighted by atomic mass is 10.0. The average Bonchev–Trinajstić information content (AvgIpc) is 2.47. The minimum atomic E-state index is -0.463. The Morgan fingerprint density at radius 3 is 2.58 bits per heavy atom. The summed E-state index contributed by atoms with van der Waals surface area (Å²) in [5.74, 6) is -0.463. The summed E-state index contributed by atoms with van der Waals surface area (Å²) < 4.78 is 0. The number of hydrogen-bond acceptors (Lipinski definition) is 3. The molecule has 3 aromatic rings. The fourth-order valence-electron chi connectivity index (χ4n) is 2.06. The van der Waals surface area contributed by atoms with Crippen LogP contribution in [-0.2, 0) is 0 Å². The van der Waals surface area contributed by atoms with Crippen LogP contribution in [0, 0.1) is 0 Å². The Kier molecular flexibility index (Phi) is 2.68. The Hall–Kier alpha value is -2.75. The Morgan fingerprint density at radius 2 is 1.84 bits per heavy atom. The SMILES string of the molecule is NC(=O)c1cccc2cc(-c3ccncc3)cnc12. The fraction of sp³-hybridized carbons (Fsp3) is 0. The highest BCUT2D eigenvalue weighted by Crippen LogP contribution is 2.23. The Bertz CT molecular complexity index is 754. The molecule has 0 saturated carbocycles. The van der Waals surface area contributed by atoms with E-state index in [4.69, 9.17) is 5.73 Å². The number of carbonyl (C=O) groups excluding carboxylic acids is 1. The Morgan fingerprint density at radius 1 is 1.05 bits per heavy atom. The van der Waals surface area contributed by atoms with Gasteiger partial charge in [0.1, 0.15) is 0 Å². The van der Waals surface area contributed by atoms with E-state index in [0.717, 1.165) is 16.5 Å². The minimum Gasteiger partial charge on any atom is -0.366 e. The lowest BCUT2D eigenvalue weighted by molar-refractivity contribution is 0.100. The van der Waals surface area contributed by atoms with Crippen LogP contribution in [0.15, 0.2) is 55.0 Å². The van der Waals surface area contributed by atoms with Gasteiger partial charge in [0.05, 0.1) is 11.1 Å². The third-order valence-corrected chi connectivity index (χ3v) is 2.99. The van der Waals surface area contributed by atoms with Gasteiger partial charge in [-0.25, -0.2) is 0 Å². The van der Waals surface area contributed by atoms with Gasteiger partial charge in [-0.1, -0.05) is 12.1 Å². The van der Waals surface area contributed by atoms with Crippen LogP contribution in [-0.4, -0.2) is 15.9 Å². The van der Waals surface area contributed by atoms with Gasteiger partial charge in [-0.15, -0.1) is 0 Å². The monoisotopic (exact) mass is 249 g/mol. The van der Waals surface area contributed by atoms with Gasteiger partial charge in [0, 0.05) is 29.5 Å². The Labute approximate surface area is 109 Å². The number of para-hydroxylation sites is 1. The first-order valence-electron chi connectivity index (χ1n) is 5.85. The summed E-state index contributed by atoms with van der Waals surface area (Å²) in [5, 5.41) is 0.894. The standard InChI is InChI=1S/C15H11N3O/c16-15(19)13-3-1-2-11-8-12(9-18-14(11)13)10-4-6-17-7-5-10/h1-9H,(H2,16,19). The number of benzene rings is 1. The van der Waals surface area contributed by atoms with Crippen LogP contribution in [0.25, 0.3) is 22.0 Å². The summed E-state index contributed by atoms with van der Waals surface area (Å²) in [4.78, 5) is 19.7. The maximum absolute atomic E-state index is 11.3. The molecule has 0 aliphatic rings. The third-order valence-electron chi connectivity index (χ3n) is 2.99. The summed E-state index contributed by atoms with van der Waals surface area (Å²) >= 11 is 0. The van der Waals surface area contributed by atoms with Crippen LogP contribution in [0.5, 0.6) is 0 Å². The topological polar surface area (TPSA) is 68.9 Å². The van der Waals surface area contributed by atoms with Crippen LogP contribution in [0.2, 0.25) is 0 Å². The first-order chi connectivity index (χ1) is 9.25. The van der Waals surface area contributed by atoms with E-state index in [9.17, 15) is 4.79 Å². The zero-order chi connectivity index (χ0) is 13.2. The molecule has 0 spiro atoms. The number of primary amides is 1. The van der Waals surface area contributed by atoms with Gasteiger partial charge in [0.25, 0.3) is 5.91 Å². The molecule has 0 atom stereocenters. The molecule has 92 valence electrons. The number of aromatic nitrogens is 2. The van der Waals surface area contributed by atoms with Gasteiger partial charge < -0.3 is 5.73 Å². The first kappa shape index (κ1) is 11.3. The molecule has 19 heavy (non-hydrogen) atoms. The molecule has 1 aromatic carbocycles. The summed E-state index contributed by atoms with van der Waals surface area (Å²) in [6, 6.07) is 11.2. The number of hydrogen-bond donors (Lipinski definition) is 1. The smallest absolute Gasteiger partial charge is 0.250 e. The normalized spacial score (nSPS) is 10.5. The molecule has 3 rings (SSSR count). The number of nitrogens with two attached hydrogens (primary N) is 1. The molecule has 0 fully saturated rings. The molecule has 1 amide bonds. The van der Waals surface area contributed by atoms with Crippen LogP contribution in [0.1, 0.15) is 10.4 Å². The molecule has 0 saturated heterocycles. The van der Waals surface area contributed by atoms with E-state index in [1.165, 1.54) is 0 Å². The Balaban J connectivity index is 2.20. The van der Waals surface area contributed by atoms with Crippen molar-refractivity contribution in [2.24, 2.45) is 5.73 Å². The predicted molar refractivity (Wildman–Crippen MR) is 73.5 cm³/mol. The van der Waals surface area contributed by atoms with Gasteiger partial charge in [-0.2, -0.15) is 0 Å². The van der Waals surface area contributed by atoms with Crippen molar-refractivity contribution in [3.63, 3.8) is 0 Å². The quantitative estimate of drug-likeness (QED) is 0.758. The number of amides is 1. The second-order valence-electron chi connectivity index (χ2n) is 4.20. The van der Waals surface area contributed by atoms with Gasteiger partial charge in [0.15, 0.2) is 0 Å². The highest BCUT2D eigenvalue weighted by Gasteiger charge is 2.08.